The van der Waals surface area contributed by atoms with Crippen LogP contribution in [0, 0.1) is 6.92 Å². The lowest BCUT2D eigenvalue weighted by Crippen LogP contribution is -2.32. The van der Waals surface area contributed by atoms with Crippen molar-refractivity contribution in [3.63, 3.8) is 0 Å². The Morgan fingerprint density at radius 1 is 1.20 bits per heavy atom. The fourth-order valence-corrected chi connectivity index (χ4v) is 1.02. The lowest BCUT2D eigenvalue weighted by molar-refractivity contribution is -0.697. The van der Waals surface area contributed by atoms with Crippen molar-refractivity contribution in [1.29, 1.82) is 0 Å². The van der Waals surface area contributed by atoms with E-state index in [1.807, 2.05) is 0 Å². The minimum Gasteiger partial charge on any atom is -0.471 e. The maximum atomic E-state index is 9.67. The van der Waals surface area contributed by atoms with Gasteiger partial charge in [0.25, 0.3) is 0 Å². The summed E-state index contributed by atoms with van der Waals surface area (Å²) in [6, 6.07) is 4.30. The van der Waals surface area contributed by atoms with Gasteiger partial charge in [-0.25, -0.2) is 4.57 Å². The topological polar surface area (TPSA) is 3.88 Å². The molecule has 0 atom stereocenters. The van der Waals surface area contributed by atoms with E-state index in [0.29, 0.717) is 0 Å². The molecule has 0 aliphatic carbocycles. The normalized spacial score (nSPS) is 9.73. The summed E-state index contributed by atoms with van der Waals surface area (Å²) in [4.78, 5) is 0. The Balaban J connectivity index is 0.000000423. The number of unbranched alkanes of at least 4 members (excludes halogenated alkanes) is 1. The van der Waals surface area contributed by atoms with Crippen molar-refractivity contribution in [2.24, 2.45) is 0 Å². The van der Waals surface area contributed by atoms with E-state index >= 15 is 0 Å². The summed E-state index contributed by atoms with van der Waals surface area (Å²) in [7, 11) is -3.67. The van der Waals surface area contributed by atoms with Crippen LogP contribution >= 0.6 is 0 Å². The zero-order chi connectivity index (χ0) is 11.7. The second-order valence-corrected chi connectivity index (χ2v) is 3.21. The second-order valence-electron chi connectivity index (χ2n) is 3.21. The minimum absolute atomic E-state index is 1.15. The number of aryl methyl sites for hydroxylation is 2. The van der Waals surface area contributed by atoms with Gasteiger partial charge in [-0.3, -0.25) is 0 Å². The van der Waals surface area contributed by atoms with Crippen molar-refractivity contribution in [2.45, 2.75) is 33.2 Å². The van der Waals surface area contributed by atoms with E-state index in [9.17, 15) is 12.9 Å². The van der Waals surface area contributed by atoms with Crippen molar-refractivity contribution >= 4 is 7.54 Å². The molecule has 0 saturated heterocycles. The van der Waals surface area contributed by atoms with Crippen molar-refractivity contribution < 1.29 is 17.5 Å². The zero-order valence-electron chi connectivity index (χ0n) is 9.09. The van der Waals surface area contributed by atoms with Gasteiger partial charge in [0.1, 0.15) is 6.54 Å². The van der Waals surface area contributed by atoms with Gasteiger partial charge in [-0.2, -0.15) is 0 Å². The van der Waals surface area contributed by atoms with Gasteiger partial charge in [-0.05, 0) is 12.5 Å². The predicted octanol–water partition coefficient (Wildman–Crippen LogP) is 2.96. The summed E-state index contributed by atoms with van der Waals surface area (Å²) in [5.74, 6) is 0. The van der Waals surface area contributed by atoms with Crippen molar-refractivity contribution in [3.05, 3.63) is 30.1 Å². The first-order valence-corrected chi connectivity index (χ1v) is 4.94. The summed E-state index contributed by atoms with van der Waals surface area (Å²) in [6.07, 6.45) is 6.82. The number of hydrogen-bond acceptors (Lipinski definition) is 0. The standard InChI is InChI=1S/C10H16N.BF3/c1-3-4-7-11-8-5-10(2)6-9-11;2-1(3)4/h5-6,8-9H,3-4,7H2,1-2H3;/q+1;-1. The molecule has 0 N–H and O–H groups in total. The first kappa shape index (κ1) is 14.0. The Labute approximate surface area is 89.2 Å². The van der Waals surface area contributed by atoms with Crippen LogP contribution in [0.3, 0.4) is 0 Å². The van der Waals surface area contributed by atoms with Gasteiger partial charge in [0.05, 0.1) is 0 Å². The molecule has 0 aliphatic heterocycles. The Kier molecular flexibility index (Phi) is 7.77. The number of nitrogens with zero attached hydrogens (tertiary/aromatic N) is 1. The third kappa shape index (κ3) is 9.31. The SMILES string of the molecule is CCCC[n+]1ccc(C)cc1.F[B-](F)F. The molecular formula is C10H16BF3N. The first-order valence-electron chi connectivity index (χ1n) is 4.94. The molecule has 5 heteroatoms. The van der Waals surface area contributed by atoms with E-state index in [0.717, 1.165) is 6.54 Å². The van der Waals surface area contributed by atoms with Gasteiger partial charge in [-0.1, -0.05) is 13.3 Å². The molecule has 1 radical (unpaired) electrons. The van der Waals surface area contributed by atoms with E-state index < -0.39 is 7.54 Å². The van der Waals surface area contributed by atoms with Crippen molar-refractivity contribution in [1.82, 2.24) is 0 Å². The molecule has 0 spiro atoms. The van der Waals surface area contributed by atoms with Gasteiger partial charge in [0.2, 0.25) is 0 Å². The van der Waals surface area contributed by atoms with E-state index in [-0.39, 0.29) is 0 Å². The molecule has 85 valence electrons. The van der Waals surface area contributed by atoms with Crippen molar-refractivity contribution in [2.75, 3.05) is 0 Å². The van der Waals surface area contributed by atoms with Crippen LogP contribution in [0.25, 0.3) is 0 Å². The average Bonchev–Trinajstić information content (AvgIpc) is 2.16. The van der Waals surface area contributed by atoms with E-state index in [4.69, 9.17) is 0 Å². The predicted molar refractivity (Wildman–Crippen MR) is 55.4 cm³/mol. The molecule has 0 unspecified atom stereocenters. The van der Waals surface area contributed by atoms with E-state index in [1.165, 1.54) is 18.4 Å². The lowest BCUT2D eigenvalue weighted by atomic mass is 10.3. The summed E-state index contributed by atoms with van der Waals surface area (Å²) in [5, 5.41) is 0. The third-order valence-corrected chi connectivity index (χ3v) is 1.83. The van der Waals surface area contributed by atoms with Crippen molar-refractivity contribution in [3.8, 4) is 0 Å². The molecule has 0 aromatic carbocycles. The van der Waals surface area contributed by atoms with Crippen LogP contribution < -0.4 is 4.57 Å². The molecule has 1 aromatic rings. The monoisotopic (exact) mass is 218 g/mol. The highest BCUT2D eigenvalue weighted by molar-refractivity contribution is 6.33. The molecule has 0 aliphatic rings. The maximum Gasteiger partial charge on any atom is 0.414 e. The van der Waals surface area contributed by atoms with Crippen LogP contribution in [-0.2, 0) is 6.54 Å². The minimum atomic E-state index is -3.67. The van der Waals surface area contributed by atoms with E-state index in [1.54, 1.807) is 0 Å². The molecule has 0 bridgehead atoms. The molecule has 1 rings (SSSR count). The van der Waals surface area contributed by atoms with Crippen LogP contribution in [0.15, 0.2) is 24.5 Å². The highest BCUT2D eigenvalue weighted by atomic mass is 19.4. The maximum absolute atomic E-state index is 9.67. The van der Waals surface area contributed by atoms with Crippen LogP contribution in [-0.4, -0.2) is 7.54 Å². The van der Waals surface area contributed by atoms with Gasteiger partial charge in [-0.15, -0.1) is 0 Å². The molecular weight excluding hydrogens is 202 g/mol. The van der Waals surface area contributed by atoms with E-state index in [2.05, 4.69) is 42.9 Å². The summed E-state index contributed by atoms with van der Waals surface area (Å²) in [6.45, 7) is 5.48. The Morgan fingerprint density at radius 3 is 2.07 bits per heavy atom. The molecule has 15 heavy (non-hydrogen) atoms. The highest BCUT2D eigenvalue weighted by Gasteiger charge is 1.95. The summed E-state index contributed by atoms with van der Waals surface area (Å²) in [5.41, 5.74) is 1.33. The first-order chi connectivity index (χ1) is 7.06. The fraction of sp³-hybridized carbons (Fsp3) is 0.500. The van der Waals surface area contributed by atoms with Gasteiger partial charge in [0.15, 0.2) is 12.4 Å². The Morgan fingerprint density at radius 2 is 1.67 bits per heavy atom. The molecule has 1 heterocycles. The molecule has 0 saturated carbocycles. The Hall–Kier alpha value is -0.995. The largest absolute Gasteiger partial charge is 0.471 e. The average molecular weight is 218 g/mol. The van der Waals surface area contributed by atoms with Gasteiger partial charge < -0.3 is 12.9 Å². The number of rotatable bonds is 3. The lowest BCUT2D eigenvalue weighted by Gasteiger charge is -1.94. The smallest absolute Gasteiger partial charge is 0.414 e. The molecule has 0 fully saturated rings. The van der Waals surface area contributed by atoms with Crippen LogP contribution in [0.4, 0.5) is 12.9 Å². The molecule has 1 aromatic heterocycles. The Bertz CT molecular complexity index is 249. The third-order valence-electron chi connectivity index (χ3n) is 1.83. The second kappa shape index (κ2) is 8.32. The fourth-order valence-electron chi connectivity index (χ4n) is 1.02. The van der Waals surface area contributed by atoms with Gasteiger partial charge >= 0.3 is 7.54 Å². The number of aromatic nitrogens is 1. The highest BCUT2D eigenvalue weighted by Crippen LogP contribution is 1.91. The van der Waals surface area contributed by atoms with Crippen LogP contribution in [0.2, 0.25) is 0 Å². The van der Waals surface area contributed by atoms with Crippen LogP contribution in [0.5, 0.6) is 0 Å². The quantitative estimate of drug-likeness (QED) is 0.542. The molecule has 1 nitrogen and oxygen atoms in total. The number of hydrogen-bond donors (Lipinski definition) is 0. The molecule has 0 amide bonds. The number of halogens is 3. The summed E-state index contributed by atoms with van der Waals surface area (Å²) >= 11 is 0. The summed E-state index contributed by atoms with van der Waals surface area (Å²) < 4.78 is 31.2. The number of pyridine rings is 1. The zero-order valence-corrected chi connectivity index (χ0v) is 9.09. The van der Waals surface area contributed by atoms with Gasteiger partial charge in [0, 0.05) is 18.6 Å². The van der Waals surface area contributed by atoms with Crippen LogP contribution in [0.1, 0.15) is 25.3 Å².